The fraction of sp³-hybridized carbons (Fsp3) is 0.385. The molecule has 19 heavy (non-hydrogen) atoms. The summed E-state index contributed by atoms with van der Waals surface area (Å²) in [5, 5.41) is 9.51. The lowest BCUT2D eigenvalue weighted by atomic mass is 10.0. The van der Waals surface area contributed by atoms with Crippen molar-refractivity contribution in [1.29, 1.82) is 0 Å². The van der Waals surface area contributed by atoms with Gasteiger partial charge in [-0.05, 0) is 36.5 Å². The molecule has 0 radical (unpaired) electrons. The molecular weight excluding hydrogens is 284 g/mol. The van der Waals surface area contributed by atoms with Gasteiger partial charge in [-0.3, -0.25) is 0 Å². The Kier molecular flexibility index (Phi) is 3.41. The Morgan fingerprint density at radius 3 is 2.89 bits per heavy atom. The van der Waals surface area contributed by atoms with Gasteiger partial charge in [0, 0.05) is 12.1 Å². The molecule has 0 bridgehead atoms. The third-order valence-electron chi connectivity index (χ3n) is 3.47. The molecule has 0 saturated carbocycles. The van der Waals surface area contributed by atoms with Crippen molar-refractivity contribution in [1.82, 2.24) is 9.38 Å². The smallest absolute Gasteiger partial charge is 0.337 e. The Balaban J connectivity index is 2.16. The van der Waals surface area contributed by atoms with Crippen LogP contribution in [0.4, 0.5) is 0 Å². The maximum Gasteiger partial charge on any atom is 0.337 e. The number of halogens is 1. The highest BCUT2D eigenvalue weighted by molar-refractivity contribution is 7.99. The van der Waals surface area contributed by atoms with Gasteiger partial charge in [0.2, 0.25) is 0 Å². The summed E-state index contributed by atoms with van der Waals surface area (Å²) in [6.45, 7) is 0. The van der Waals surface area contributed by atoms with Crippen LogP contribution in [0.2, 0.25) is 5.15 Å². The summed E-state index contributed by atoms with van der Waals surface area (Å²) >= 11 is 8.10. The van der Waals surface area contributed by atoms with Crippen molar-refractivity contribution in [3.63, 3.8) is 0 Å². The zero-order valence-corrected chi connectivity index (χ0v) is 11.7. The second-order valence-electron chi connectivity index (χ2n) is 4.59. The van der Waals surface area contributed by atoms with E-state index in [4.69, 9.17) is 11.6 Å². The lowest BCUT2D eigenvalue weighted by molar-refractivity contribution is 0.0698. The number of nitrogens with zero attached hydrogens (tertiary/aromatic N) is 2. The molecule has 3 heterocycles. The summed E-state index contributed by atoms with van der Waals surface area (Å²) in [6, 6.07) is 3.29. The molecule has 0 atom stereocenters. The summed E-state index contributed by atoms with van der Waals surface area (Å²) in [6.07, 6.45) is 3.98. The third kappa shape index (κ3) is 2.21. The zero-order chi connectivity index (χ0) is 13.4. The van der Waals surface area contributed by atoms with Gasteiger partial charge in [-0.25, -0.2) is 9.78 Å². The van der Waals surface area contributed by atoms with E-state index in [2.05, 4.69) is 4.98 Å². The molecule has 0 aliphatic carbocycles. The van der Waals surface area contributed by atoms with Gasteiger partial charge in [0.25, 0.3) is 0 Å². The lowest BCUT2D eigenvalue weighted by Gasteiger charge is -2.20. The average molecular weight is 297 g/mol. The number of thioether (sulfide) groups is 1. The van der Waals surface area contributed by atoms with Gasteiger partial charge >= 0.3 is 5.97 Å². The maximum atomic E-state index is 11.2. The molecule has 0 amide bonds. The van der Waals surface area contributed by atoms with Gasteiger partial charge in [-0.2, -0.15) is 11.8 Å². The van der Waals surface area contributed by atoms with Gasteiger partial charge < -0.3 is 9.51 Å². The first-order valence-electron chi connectivity index (χ1n) is 6.16. The second-order valence-corrected chi connectivity index (χ2v) is 6.18. The predicted octanol–water partition coefficient (Wildman–Crippen LogP) is 3.30. The fourth-order valence-electron chi connectivity index (χ4n) is 2.53. The normalized spacial score (nSPS) is 16.9. The van der Waals surface area contributed by atoms with E-state index >= 15 is 0 Å². The Hall–Kier alpha value is -1.20. The number of imidazole rings is 1. The van der Waals surface area contributed by atoms with Crippen LogP contribution in [0.3, 0.4) is 0 Å². The molecule has 1 saturated heterocycles. The minimum absolute atomic E-state index is 0.205. The van der Waals surface area contributed by atoms with Crippen molar-refractivity contribution in [3.8, 4) is 0 Å². The van der Waals surface area contributed by atoms with Crippen LogP contribution in [0.15, 0.2) is 18.3 Å². The minimum Gasteiger partial charge on any atom is -0.478 e. The van der Waals surface area contributed by atoms with E-state index in [1.807, 2.05) is 22.4 Å². The zero-order valence-electron chi connectivity index (χ0n) is 10.2. The molecule has 1 aliphatic rings. The van der Waals surface area contributed by atoms with E-state index in [1.165, 1.54) is 0 Å². The highest BCUT2D eigenvalue weighted by Crippen LogP contribution is 2.33. The van der Waals surface area contributed by atoms with E-state index in [9.17, 15) is 9.90 Å². The van der Waals surface area contributed by atoms with E-state index in [-0.39, 0.29) is 10.7 Å². The molecule has 1 fully saturated rings. The van der Waals surface area contributed by atoms with Crippen molar-refractivity contribution in [2.75, 3.05) is 11.5 Å². The summed E-state index contributed by atoms with van der Waals surface area (Å²) in [5.74, 6) is 2.53. The molecule has 0 aromatic carbocycles. The topological polar surface area (TPSA) is 54.6 Å². The molecule has 4 nitrogen and oxygen atoms in total. The molecule has 6 heteroatoms. The van der Waals surface area contributed by atoms with Crippen molar-refractivity contribution in [2.24, 2.45) is 0 Å². The minimum atomic E-state index is -0.974. The third-order valence-corrected chi connectivity index (χ3v) is 4.78. The highest BCUT2D eigenvalue weighted by Gasteiger charge is 2.24. The summed E-state index contributed by atoms with van der Waals surface area (Å²) in [5.41, 5.74) is 0.710. The molecule has 0 unspecified atom stereocenters. The number of hydrogen-bond donors (Lipinski definition) is 1. The number of aromatic carboxylic acids is 1. The maximum absolute atomic E-state index is 11.2. The standard InChI is InChI=1S/C13H13ClN2O2S/c14-11-10-9(13(17)18)2-1-5-16(10)12(15-11)8-3-6-19-7-4-8/h1-2,5,8H,3-4,6-7H2,(H,17,18). The number of hydrogen-bond acceptors (Lipinski definition) is 3. The molecular formula is C13H13ClN2O2S. The van der Waals surface area contributed by atoms with Crippen molar-refractivity contribution in [2.45, 2.75) is 18.8 Å². The van der Waals surface area contributed by atoms with Crippen LogP contribution in [-0.2, 0) is 0 Å². The fourth-order valence-corrected chi connectivity index (χ4v) is 3.92. The number of rotatable bonds is 2. The van der Waals surface area contributed by atoms with E-state index in [0.29, 0.717) is 11.4 Å². The van der Waals surface area contributed by atoms with Gasteiger partial charge in [0.05, 0.1) is 11.1 Å². The molecule has 1 aliphatic heterocycles. The van der Waals surface area contributed by atoms with Crippen LogP contribution in [0, 0.1) is 0 Å². The second kappa shape index (κ2) is 5.06. The number of carboxylic acids is 1. The first-order valence-corrected chi connectivity index (χ1v) is 7.69. The number of aromatic nitrogens is 2. The van der Waals surface area contributed by atoms with Crippen molar-refractivity contribution < 1.29 is 9.90 Å². The number of carbonyl (C=O) groups is 1. The first-order chi connectivity index (χ1) is 9.18. The molecule has 1 N–H and O–H groups in total. The molecule has 3 rings (SSSR count). The molecule has 0 spiro atoms. The van der Waals surface area contributed by atoms with E-state index in [1.54, 1.807) is 12.1 Å². The average Bonchev–Trinajstić information content (AvgIpc) is 2.77. The summed E-state index contributed by atoms with van der Waals surface area (Å²) in [7, 11) is 0. The van der Waals surface area contributed by atoms with Crippen molar-refractivity contribution in [3.05, 3.63) is 34.9 Å². The SMILES string of the molecule is O=C(O)c1cccn2c(C3CCSCC3)nc(Cl)c12. The van der Waals surface area contributed by atoms with Gasteiger partial charge in [0.15, 0.2) is 5.15 Å². The lowest BCUT2D eigenvalue weighted by Crippen LogP contribution is -2.11. The monoisotopic (exact) mass is 296 g/mol. The van der Waals surface area contributed by atoms with Crippen molar-refractivity contribution >= 4 is 34.8 Å². The Morgan fingerprint density at radius 2 is 2.21 bits per heavy atom. The van der Waals surface area contributed by atoms with Gasteiger partial charge in [-0.1, -0.05) is 11.6 Å². The molecule has 100 valence electrons. The predicted molar refractivity (Wildman–Crippen MR) is 76.5 cm³/mol. The summed E-state index contributed by atoms with van der Waals surface area (Å²) < 4.78 is 1.84. The highest BCUT2D eigenvalue weighted by atomic mass is 35.5. The van der Waals surface area contributed by atoms with Gasteiger partial charge in [-0.15, -0.1) is 0 Å². The Labute approximate surface area is 119 Å². The molecule has 2 aromatic heterocycles. The van der Waals surface area contributed by atoms with Crippen LogP contribution in [-0.4, -0.2) is 32.0 Å². The van der Waals surface area contributed by atoms with Crippen LogP contribution in [0.1, 0.15) is 34.9 Å². The van der Waals surface area contributed by atoms with Gasteiger partial charge in [0.1, 0.15) is 5.82 Å². The Morgan fingerprint density at radius 1 is 1.47 bits per heavy atom. The van der Waals surface area contributed by atoms with Crippen LogP contribution in [0.5, 0.6) is 0 Å². The van der Waals surface area contributed by atoms with Crippen LogP contribution < -0.4 is 0 Å². The van der Waals surface area contributed by atoms with E-state index < -0.39 is 5.97 Å². The largest absolute Gasteiger partial charge is 0.478 e. The van der Waals surface area contributed by atoms with Crippen LogP contribution >= 0.6 is 23.4 Å². The number of pyridine rings is 1. The molecule has 2 aromatic rings. The quantitative estimate of drug-likeness (QED) is 0.924. The first kappa shape index (κ1) is 12.8. The number of carboxylic acid groups (broad SMARTS) is 1. The Bertz CT molecular complexity index is 635. The van der Waals surface area contributed by atoms with E-state index in [0.717, 1.165) is 30.2 Å². The number of fused-ring (bicyclic) bond motifs is 1. The van der Waals surface area contributed by atoms with Crippen LogP contribution in [0.25, 0.3) is 5.52 Å². The summed E-state index contributed by atoms with van der Waals surface area (Å²) in [4.78, 5) is 15.7.